The molecule has 0 aliphatic carbocycles. The van der Waals surface area contributed by atoms with E-state index in [0.29, 0.717) is 0 Å². The summed E-state index contributed by atoms with van der Waals surface area (Å²) in [6, 6.07) is 0. The Bertz CT molecular complexity index is 160. The summed E-state index contributed by atoms with van der Waals surface area (Å²) >= 11 is 0. The molecule has 0 spiro atoms. The van der Waals surface area contributed by atoms with Crippen LogP contribution in [0.1, 0.15) is 65.2 Å². The summed E-state index contributed by atoms with van der Waals surface area (Å²) < 4.78 is 0. The first kappa shape index (κ1) is 14.4. The van der Waals surface area contributed by atoms with Crippen molar-refractivity contribution in [2.45, 2.75) is 65.2 Å². The third-order valence-electron chi connectivity index (χ3n) is 2.85. The van der Waals surface area contributed by atoms with Crippen molar-refractivity contribution < 1.29 is 9.63 Å². The van der Waals surface area contributed by atoms with Crippen LogP contribution in [0.15, 0.2) is 0 Å². The van der Waals surface area contributed by atoms with Gasteiger partial charge in [0, 0.05) is 0 Å². The van der Waals surface area contributed by atoms with Crippen molar-refractivity contribution in [3.8, 4) is 0 Å². The monoisotopic (exact) mass is 215 g/mol. The molecule has 15 heavy (non-hydrogen) atoms. The van der Waals surface area contributed by atoms with Crippen molar-refractivity contribution in [3.05, 3.63) is 0 Å². The molecule has 90 valence electrons. The molecule has 0 radical (unpaired) electrons. The van der Waals surface area contributed by atoms with Gasteiger partial charge in [-0.25, -0.2) is 0 Å². The van der Waals surface area contributed by atoms with Gasteiger partial charge in [0.2, 0.25) is 0 Å². The molecule has 0 aromatic heterocycles. The van der Waals surface area contributed by atoms with Crippen LogP contribution in [-0.4, -0.2) is 5.97 Å². The number of unbranched alkanes of at least 4 members (excludes halogenated alkanes) is 5. The van der Waals surface area contributed by atoms with Crippen LogP contribution in [0.25, 0.3) is 0 Å². The van der Waals surface area contributed by atoms with Crippen molar-refractivity contribution in [1.82, 2.24) is 0 Å². The molecule has 0 heterocycles. The number of rotatable bonds is 9. The molecular weight excluding hydrogens is 190 g/mol. The van der Waals surface area contributed by atoms with E-state index in [1.54, 1.807) is 0 Å². The van der Waals surface area contributed by atoms with Crippen molar-refractivity contribution in [1.29, 1.82) is 0 Å². The Hall–Kier alpha value is -0.570. The predicted molar refractivity (Wildman–Crippen MR) is 62.1 cm³/mol. The lowest BCUT2D eigenvalue weighted by molar-refractivity contribution is -0.149. The van der Waals surface area contributed by atoms with Gasteiger partial charge in [-0.05, 0) is 12.8 Å². The molecule has 0 saturated heterocycles. The van der Waals surface area contributed by atoms with Gasteiger partial charge in [-0.2, -0.15) is 5.90 Å². The highest BCUT2D eigenvalue weighted by atomic mass is 16.7. The topological polar surface area (TPSA) is 52.3 Å². The molecule has 0 bridgehead atoms. The van der Waals surface area contributed by atoms with Crippen LogP contribution in [0.5, 0.6) is 0 Å². The zero-order valence-corrected chi connectivity index (χ0v) is 10.1. The minimum absolute atomic E-state index is 0.00109. The van der Waals surface area contributed by atoms with E-state index < -0.39 is 0 Å². The van der Waals surface area contributed by atoms with E-state index >= 15 is 0 Å². The summed E-state index contributed by atoms with van der Waals surface area (Å²) in [7, 11) is 0. The van der Waals surface area contributed by atoms with E-state index in [1.807, 2.05) is 6.92 Å². The molecule has 0 amide bonds. The Kier molecular flexibility index (Phi) is 9.59. The van der Waals surface area contributed by atoms with Gasteiger partial charge in [0.25, 0.3) is 0 Å². The van der Waals surface area contributed by atoms with E-state index in [9.17, 15) is 4.79 Å². The lowest BCUT2D eigenvalue weighted by atomic mass is 9.98. The average molecular weight is 215 g/mol. The zero-order valence-electron chi connectivity index (χ0n) is 10.1. The SMILES string of the molecule is CCCCCCCCC(CC)C(=O)ON. The molecule has 1 unspecified atom stereocenters. The van der Waals surface area contributed by atoms with Crippen molar-refractivity contribution in [2.75, 3.05) is 0 Å². The maximum Gasteiger partial charge on any atom is 0.327 e. The van der Waals surface area contributed by atoms with Crippen molar-refractivity contribution in [3.63, 3.8) is 0 Å². The van der Waals surface area contributed by atoms with Gasteiger partial charge in [-0.1, -0.05) is 52.4 Å². The normalized spacial score (nSPS) is 12.5. The Morgan fingerprint density at radius 2 is 1.73 bits per heavy atom. The standard InChI is InChI=1S/C12H25NO2/c1-3-5-6-7-8-9-10-11(4-2)12(14)15-13/h11H,3-10,13H2,1-2H3. The molecule has 0 rings (SSSR count). The van der Waals surface area contributed by atoms with Crippen LogP contribution >= 0.6 is 0 Å². The van der Waals surface area contributed by atoms with E-state index in [4.69, 9.17) is 5.90 Å². The average Bonchev–Trinajstić information content (AvgIpc) is 2.27. The minimum Gasteiger partial charge on any atom is -0.373 e. The molecule has 0 saturated carbocycles. The van der Waals surface area contributed by atoms with E-state index in [2.05, 4.69) is 11.8 Å². The summed E-state index contributed by atoms with van der Waals surface area (Å²) in [5, 5.41) is 0. The summed E-state index contributed by atoms with van der Waals surface area (Å²) in [6.07, 6.45) is 9.25. The second-order valence-electron chi connectivity index (χ2n) is 4.10. The number of carbonyl (C=O) groups excluding carboxylic acids is 1. The van der Waals surface area contributed by atoms with Gasteiger partial charge in [0.05, 0.1) is 5.92 Å². The third-order valence-corrected chi connectivity index (χ3v) is 2.85. The second kappa shape index (κ2) is 9.97. The van der Waals surface area contributed by atoms with Gasteiger partial charge >= 0.3 is 5.97 Å². The van der Waals surface area contributed by atoms with Gasteiger partial charge < -0.3 is 4.84 Å². The highest BCUT2D eigenvalue weighted by molar-refractivity contribution is 5.71. The Balaban J connectivity index is 3.42. The molecular formula is C12H25NO2. The Labute approximate surface area is 93.3 Å². The fourth-order valence-corrected chi connectivity index (χ4v) is 1.76. The van der Waals surface area contributed by atoms with Crippen LogP contribution < -0.4 is 5.90 Å². The molecule has 0 aliphatic rings. The van der Waals surface area contributed by atoms with Gasteiger partial charge in [-0.3, -0.25) is 4.79 Å². The lowest BCUT2D eigenvalue weighted by Crippen LogP contribution is -2.20. The smallest absolute Gasteiger partial charge is 0.327 e. The maximum atomic E-state index is 11.2. The van der Waals surface area contributed by atoms with E-state index in [0.717, 1.165) is 19.3 Å². The fourth-order valence-electron chi connectivity index (χ4n) is 1.76. The first-order chi connectivity index (χ1) is 7.26. The lowest BCUT2D eigenvalue weighted by Gasteiger charge is -2.10. The summed E-state index contributed by atoms with van der Waals surface area (Å²) in [6.45, 7) is 4.21. The van der Waals surface area contributed by atoms with E-state index in [1.165, 1.54) is 32.1 Å². The van der Waals surface area contributed by atoms with Crippen molar-refractivity contribution >= 4 is 5.97 Å². The fraction of sp³-hybridized carbons (Fsp3) is 0.917. The maximum absolute atomic E-state index is 11.2. The number of hydrogen-bond acceptors (Lipinski definition) is 3. The number of hydrogen-bond donors (Lipinski definition) is 1. The first-order valence-corrected chi connectivity index (χ1v) is 6.16. The predicted octanol–water partition coefficient (Wildman–Crippen LogP) is 3.18. The summed E-state index contributed by atoms with van der Waals surface area (Å²) in [4.78, 5) is 15.4. The van der Waals surface area contributed by atoms with Gasteiger partial charge in [0.15, 0.2) is 0 Å². The molecule has 3 nitrogen and oxygen atoms in total. The molecule has 0 aromatic rings. The second-order valence-corrected chi connectivity index (χ2v) is 4.10. The zero-order chi connectivity index (χ0) is 11.5. The first-order valence-electron chi connectivity index (χ1n) is 6.16. The quantitative estimate of drug-likeness (QED) is 0.474. The molecule has 1 atom stereocenters. The number of nitrogens with two attached hydrogens (primary N) is 1. The molecule has 0 aliphatic heterocycles. The van der Waals surface area contributed by atoms with Crippen LogP contribution in [0.3, 0.4) is 0 Å². The third kappa shape index (κ3) is 7.37. The van der Waals surface area contributed by atoms with Crippen LogP contribution in [0.4, 0.5) is 0 Å². The highest BCUT2D eigenvalue weighted by Crippen LogP contribution is 2.15. The van der Waals surface area contributed by atoms with Crippen molar-refractivity contribution in [2.24, 2.45) is 11.8 Å². The van der Waals surface area contributed by atoms with Crippen LogP contribution in [-0.2, 0) is 9.63 Å². The Morgan fingerprint density at radius 3 is 2.27 bits per heavy atom. The molecule has 2 N–H and O–H groups in total. The van der Waals surface area contributed by atoms with Crippen LogP contribution in [0.2, 0.25) is 0 Å². The molecule has 0 aromatic carbocycles. The Morgan fingerprint density at radius 1 is 1.13 bits per heavy atom. The summed E-state index contributed by atoms with van der Waals surface area (Å²) in [5.41, 5.74) is 0. The minimum atomic E-state index is -0.258. The van der Waals surface area contributed by atoms with E-state index in [-0.39, 0.29) is 11.9 Å². The van der Waals surface area contributed by atoms with Crippen LogP contribution in [0, 0.1) is 5.92 Å². The molecule has 0 fully saturated rings. The number of carbonyl (C=O) groups is 1. The van der Waals surface area contributed by atoms with Gasteiger partial charge in [-0.15, -0.1) is 0 Å². The largest absolute Gasteiger partial charge is 0.373 e. The molecule has 3 heteroatoms. The highest BCUT2D eigenvalue weighted by Gasteiger charge is 2.16. The summed E-state index contributed by atoms with van der Waals surface area (Å²) in [5.74, 6) is 4.61. The van der Waals surface area contributed by atoms with Gasteiger partial charge in [0.1, 0.15) is 0 Å².